The summed E-state index contributed by atoms with van der Waals surface area (Å²) in [6, 6.07) is 5.16. The van der Waals surface area contributed by atoms with Gasteiger partial charge in [0.1, 0.15) is 5.02 Å². The van der Waals surface area contributed by atoms with Crippen LogP contribution in [0.3, 0.4) is 0 Å². The van der Waals surface area contributed by atoms with E-state index in [9.17, 15) is 18.5 Å². The highest BCUT2D eigenvalue weighted by atomic mass is 35.5. The highest BCUT2D eigenvalue weighted by Crippen LogP contribution is 2.28. The van der Waals surface area contributed by atoms with E-state index in [0.29, 0.717) is 0 Å². The third kappa shape index (κ3) is 3.56. The summed E-state index contributed by atoms with van der Waals surface area (Å²) in [4.78, 5) is 9.96. The van der Waals surface area contributed by atoms with E-state index in [1.165, 1.54) is 12.1 Å². The Labute approximate surface area is 115 Å². The third-order valence-corrected chi connectivity index (χ3v) is 4.32. The Bertz CT molecular complexity index is 639. The van der Waals surface area contributed by atoms with E-state index in [0.717, 1.165) is 6.07 Å². The molecule has 0 amide bonds. The molecule has 0 heterocycles. The number of nitro groups is 1. The van der Waals surface area contributed by atoms with Gasteiger partial charge >= 0.3 is 0 Å². The molecule has 0 saturated carbocycles. The maximum absolute atomic E-state index is 11.8. The van der Waals surface area contributed by atoms with Crippen molar-refractivity contribution in [1.82, 2.24) is 0 Å². The molecule has 0 fully saturated rings. The molecule has 9 heteroatoms. The molecule has 0 aliphatic carbocycles. The molecule has 1 N–H and O–H groups in total. The maximum atomic E-state index is 11.8. The van der Waals surface area contributed by atoms with E-state index >= 15 is 0 Å². The van der Waals surface area contributed by atoms with Crippen molar-refractivity contribution >= 4 is 33.0 Å². The lowest BCUT2D eigenvalue weighted by Gasteiger charge is -2.11. The summed E-state index contributed by atoms with van der Waals surface area (Å²) in [5.74, 6) is 0. The first-order chi connectivity index (χ1) is 8.81. The molecule has 0 aliphatic rings. The smallest absolute Gasteiger partial charge is 0.282 e. The number of halogens is 1. The molecule has 1 aromatic rings. The third-order valence-electron chi connectivity index (χ3n) is 2.29. The number of nitro benzene ring substituents is 1. The zero-order valence-electron chi connectivity index (χ0n) is 9.83. The van der Waals surface area contributed by atoms with Crippen molar-refractivity contribution < 1.29 is 13.3 Å². The summed E-state index contributed by atoms with van der Waals surface area (Å²) in [5.41, 5.74) is -0.420. The van der Waals surface area contributed by atoms with Crippen LogP contribution in [0.1, 0.15) is 13.3 Å². The van der Waals surface area contributed by atoms with Gasteiger partial charge in [-0.15, -0.1) is 0 Å². The summed E-state index contributed by atoms with van der Waals surface area (Å²) in [5, 5.41) is 18.1. The number of sulfonamides is 1. The molecule has 1 atom stereocenters. The Morgan fingerprint density at radius 1 is 1.58 bits per heavy atom. The van der Waals surface area contributed by atoms with Crippen molar-refractivity contribution in [3.63, 3.8) is 0 Å². The predicted octanol–water partition coefficient (Wildman–Crippen LogP) is 2.29. The summed E-state index contributed by atoms with van der Waals surface area (Å²) in [7, 11) is -3.91. The molecule has 0 aliphatic heterocycles. The Kier molecular flexibility index (Phi) is 4.69. The van der Waals surface area contributed by atoms with Crippen molar-refractivity contribution in [3.05, 3.63) is 33.3 Å². The summed E-state index contributed by atoms with van der Waals surface area (Å²) < 4.78 is 25.7. The predicted molar refractivity (Wildman–Crippen MR) is 70.3 cm³/mol. The summed E-state index contributed by atoms with van der Waals surface area (Å²) in [6.45, 7) is 1.55. The molecule has 102 valence electrons. The van der Waals surface area contributed by atoms with Crippen LogP contribution in [0.2, 0.25) is 5.02 Å². The van der Waals surface area contributed by atoms with Crippen LogP contribution in [-0.4, -0.2) is 18.6 Å². The van der Waals surface area contributed by atoms with E-state index in [2.05, 4.69) is 4.72 Å². The van der Waals surface area contributed by atoms with Gasteiger partial charge in [0.2, 0.25) is 10.0 Å². The first-order valence-electron chi connectivity index (χ1n) is 5.17. The minimum Gasteiger partial charge on any atom is -0.282 e. The van der Waals surface area contributed by atoms with E-state index in [1.807, 2.05) is 0 Å². The average Bonchev–Trinajstić information content (AvgIpc) is 2.32. The Morgan fingerprint density at radius 2 is 2.21 bits per heavy atom. The largest absolute Gasteiger partial charge is 0.289 e. The second-order valence-electron chi connectivity index (χ2n) is 3.60. The minimum atomic E-state index is -3.91. The van der Waals surface area contributed by atoms with Gasteiger partial charge in [0.15, 0.2) is 5.25 Å². The van der Waals surface area contributed by atoms with E-state index in [-0.39, 0.29) is 17.1 Å². The fourth-order valence-corrected chi connectivity index (χ4v) is 2.69. The molecule has 0 spiro atoms. The molecule has 19 heavy (non-hydrogen) atoms. The normalized spacial score (nSPS) is 12.5. The van der Waals surface area contributed by atoms with Gasteiger partial charge in [-0.25, -0.2) is 8.42 Å². The zero-order valence-corrected chi connectivity index (χ0v) is 11.4. The lowest BCUT2D eigenvalue weighted by molar-refractivity contribution is -0.384. The SMILES string of the molecule is CCC(C#N)S(=O)(=O)Nc1ccc(Cl)c([N+](=O)[O-])c1. The fraction of sp³-hybridized carbons (Fsp3) is 0.300. The first kappa shape index (κ1) is 15.2. The van der Waals surface area contributed by atoms with Crippen LogP contribution in [0.5, 0.6) is 0 Å². The number of hydrogen-bond donors (Lipinski definition) is 1. The topological polar surface area (TPSA) is 113 Å². The standard InChI is InChI=1S/C10H10ClN3O4S/c1-2-8(6-12)19(17,18)13-7-3-4-9(11)10(5-7)14(15)16/h3-5,8,13H,2H2,1H3. The lowest BCUT2D eigenvalue weighted by atomic mass is 10.3. The van der Waals surface area contributed by atoms with Crippen LogP contribution in [0.15, 0.2) is 18.2 Å². The molecule has 0 bridgehead atoms. The number of nitrogens with one attached hydrogen (secondary N) is 1. The van der Waals surface area contributed by atoms with Gasteiger partial charge in [-0.3, -0.25) is 14.8 Å². The monoisotopic (exact) mass is 303 g/mol. The van der Waals surface area contributed by atoms with Gasteiger partial charge in [0.05, 0.1) is 16.7 Å². The number of benzene rings is 1. The number of nitrogens with zero attached hydrogens (tertiary/aromatic N) is 2. The van der Waals surface area contributed by atoms with Gasteiger partial charge in [0.25, 0.3) is 5.69 Å². The minimum absolute atomic E-state index is 0.00944. The number of nitriles is 1. The molecule has 1 aromatic carbocycles. The van der Waals surface area contributed by atoms with E-state index in [1.54, 1.807) is 13.0 Å². The van der Waals surface area contributed by atoms with Crippen LogP contribution in [-0.2, 0) is 10.0 Å². The Balaban J connectivity index is 3.11. The fourth-order valence-electron chi connectivity index (χ4n) is 1.33. The molecule has 1 rings (SSSR count). The van der Waals surface area contributed by atoms with Gasteiger partial charge < -0.3 is 0 Å². The van der Waals surface area contributed by atoms with Gasteiger partial charge in [-0.1, -0.05) is 18.5 Å². The van der Waals surface area contributed by atoms with Gasteiger partial charge in [0, 0.05) is 6.07 Å². The van der Waals surface area contributed by atoms with Crippen molar-refractivity contribution in [2.75, 3.05) is 4.72 Å². The lowest BCUT2D eigenvalue weighted by Crippen LogP contribution is -2.25. The van der Waals surface area contributed by atoms with Crippen LogP contribution in [0.25, 0.3) is 0 Å². The Morgan fingerprint density at radius 3 is 2.68 bits per heavy atom. The quantitative estimate of drug-likeness (QED) is 0.662. The van der Waals surface area contributed by atoms with Crippen molar-refractivity contribution in [2.24, 2.45) is 0 Å². The van der Waals surface area contributed by atoms with Gasteiger partial charge in [-0.05, 0) is 18.6 Å². The highest BCUT2D eigenvalue weighted by molar-refractivity contribution is 7.93. The summed E-state index contributed by atoms with van der Waals surface area (Å²) in [6.07, 6.45) is 0.113. The Hall–Kier alpha value is -1.85. The van der Waals surface area contributed by atoms with Crippen LogP contribution >= 0.6 is 11.6 Å². The molecule has 0 radical (unpaired) electrons. The number of rotatable bonds is 5. The van der Waals surface area contributed by atoms with Crippen LogP contribution in [0, 0.1) is 21.4 Å². The molecular formula is C10H10ClN3O4S. The zero-order chi connectivity index (χ0) is 14.6. The van der Waals surface area contributed by atoms with Crippen molar-refractivity contribution in [1.29, 1.82) is 5.26 Å². The van der Waals surface area contributed by atoms with Crippen molar-refractivity contribution in [3.8, 4) is 6.07 Å². The van der Waals surface area contributed by atoms with Crippen LogP contribution in [0.4, 0.5) is 11.4 Å². The summed E-state index contributed by atoms with van der Waals surface area (Å²) >= 11 is 5.61. The van der Waals surface area contributed by atoms with E-state index < -0.39 is 25.9 Å². The molecule has 1 unspecified atom stereocenters. The molecular weight excluding hydrogens is 294 g/mol. The molecule has 0 saturated heterocycles. The van der Waals surface area contributed by atoms with Crippen molar-refractivity contribution in [2.45, 2.75) is 18.6 Å². The number of anilines is 1. The molecule has 7 nitrogen and oxygen atoms in total. The second-order valence-corrected chi connectivity index (χ2v) is 5.87. The number of hydrogen-bond acceptors (Lipinski definition) is 5. The van der Waals surface area contributed by atoms with E-state index in [4.69, 9.17) is 16.9 Å². The average molecular weight is 304 g/mol. The first-order valence-corrected chi connectivity index (χ1v) is 7.09. The van der Waals surface area contributed by atoms with Gasteiger partial charge in [-0.2, -0.15) is 5.26 Å². The second kappa shape index (κ2) is 5.86. The van der Waals surface area contributed by atoms with Crippen LogP contribution < -0.4 is 4.72 Å². The maximum Gasteiger partial charge on any atom is 0.289 e. The molecule has 0 aromatic heterocycles. The highest BCUT2D eigenvalue weighted by Gasteiger charge is 2.24.